The van der Waals surface area contributed by atoms with Crippen molar-refractivity contribution in [1.29, 1.82) is 0 Å². The molecule has 2 N–H and O–H groups in total. The molecule has 186 valence electrons. The number of aliphatic hydroxyl groups is 1. The summed E-state index contributed by atoms with van der Waals surface area (Å²) in [7, 11) is 0. The molecule has 3 fully saturated rings. The molecular formula is C25H33ClN2O6. The van der Waals surface area contributed by atoms with Gasteiger partial charge in [-0.1, -0.05) is 30.7 Å². The predicted molar refractivity (Wildman–Crippen MR) is 126 cm³/mol. The maximum atomic E-state index is 13.8. The minimum Gasteiger partial charge on any atom is -0.466 e. The van der Waals surface area contributed by atoms with Crippen LogP contribution in [-0.2, 0) is 23.9 Å². The lowest BCUT2D eigenvalue weighted by Crippen LogP contribution is -2.53. The number of rotatable bonds is 10. The molecule has 3 aliphatic heterocycles. The molecule has 3 aliphatic rings. The normalized spacial score (nSPS) is 31.6. The molecule has 0 saturated carbocycles. The largest absolute Gasteiger partial charge is 0.466 e. The third-order valence-corrected chi connectivity index (χ3v) is 7.99. The Kier molecular flexibility index (Phi) is 7.22. The van der Waals surface area contributed by atoms with Gasteiger partial charge in [-0.15, -0.1) is 0 Å². The summed E-state index contributed by atoms with van der Waals surface area (Å²) in [6, 6.07) is 6.05. The van der Waals surface area contributed by atoms with E-state index in [0.717, 1.165) is 6.42 Å². The van der Waals surface area contributed by atoms with Gasteiger partial charge >= 0.3 is 5.97 Å². The Balaban J connectivity index is 1.71. The number of carbonyl (C=O) groups is 3. The van der Waals surface area contributed by atoms with Crippen LogP contribution in [0.2, 0.25) is 5.02 Å². The first-order valence-corrected chi connectivity index (χ1v) is 12.6. The molecule has 8 nitrogen and oxygen atoms in total. The van der Waals surface area contributed by atoms with Crippen LogP contribution in [0.4, 0.5) is 5.69 Å². The summed E-state index contributed by atoms with van der Waals surface area (Å²) in [5, 5.41) is 12.4. The van der Waals surface area contributed by atoms with E-state index in [1.807, 2.05) is 6.92 Å². The third kappa shape index (κ3) is 3.89. The summed E-state index contributed by atoms with van der Waals surface area (Å²) in [5.74, 6) is -2.55. The van der Waals surface area contributed by atoms with Crippen molar-refractivity contribution in [2.24, 2.45) is 11.8 Å². The summed E-state index contributed by atoms with van der Waals surface area (Å²) in [4.78, 5) is 42.2. The van der Waals surface area contributed by atoms with E-state index in [2.05, 4.69) is 5.32 Å². The van der Waals surface area contributed by atoms with Crippen LogP contribution in [0.25, 0.3) is 0 Å². The molecule has 0 aliphatic carbocycles. The van der Waals surface area contributed by atoms with E-state index in [9.17, 15) is 14.4 Å². The smallest absolute Gasteiger partial charge is 0.312 e. The summed E-state index contributed by atoms with van der Waals surface area (Å²) < 4.78 is 12.0. The van der Waals surface area contributed by atoms with Gasteiger partial charge in [0.15, 0.2) is 0 Å². The SMILES string of the molecule is CCOC(=O)[C@H]1[C@H]2C(=O)N(CCCCCO)C(C(=O)Nc3ccccc3Cl)C23CC[C@]1(CC)O3. The quantitative estimate of drug-likeness (QED) is 0.384. The number of fused-ring (bicyclic) bond motifs is 1. The zero-order valence-corrected chi connectivity index (χ0v) is 20.5. The number of aliphatic hydroxyl groups excluding tert-OH is 1. The Bertz CT molecular complexity index is 957. The van der Waals surface area contributed by atoms with Crippen LogP contribution in [0.1, 0.15) is 52.4 Å². The van der Waals surface area contributed by atoms with Gasteiger partial charge in [-0.2, -0.15) is 0 Å². The fourth-order valence-corrected chi connectivity index (χ4v) is 6.37. The molecular weight excluding hydrogens is 460 g/mol. The second-order valence-corrected chi connectivity index (χ2v) is 9.78. The lowest BCUT2D eigenvalue weighted by atomic mass is 9.65. The number of ether oxygens (including phenoxy) is 2. The van der Waals surface area contributed by atoms with Gasteiger partial charge in [-0.05, 0) is 57.6 Å². The summed E-state index contributed by atoms with van der Waals surface area (Å²) in [5.41, 5.74) is -1.44. The molecule has 3 heterocycles. The van der Waals surface area contributed by atoms with Gasteiger partial charge in [0, 0.05) is 13.2 Å². The Morgan fingerprint density at radius 3 is 2.68 bits per heavy atom. The Hall–Kier alpha value is -2.16. The lowest BCUT2D eigenvalue weighted by Gasteiger charge is -2.33. The number of anilines is 1. The maximum Gasteiger partial charge on any atom is 0.312 e. The van der Waals surface area contributed by atoms with Crippen LogP contribution in [0.15, 0.2) is 24.3 Å². The molecule has 4 rings (SSSR count). The molecule has 5 atom stereocenters. The topological polar surface area (TPSA) is 105 Å². The number of unbranched alkanes of at least 4 members (excludes halogenated alkanes) is 2. The fourth-order valence-electron chi connectivity index (χ4n) is 6.18. The number of nitrogens with one attached hydrogen (secondary N) is 1. The van der Waals surface area contributed by atoms with E-state index in [-0.39, 0.29) is 25.0 Å². The van der Waals surface area contributed by atoms with Crippen LogP contribution in [0, 0.1) is 11.8 Å². The molecule has 1 aromatic rings. The average molecular weight is 493 g/mol. The van der Waals surface area contributed by atoms with Gasteiger partial charge in [-0.3, -0.25) is 14.4 Å². The first-order valence-electron chi connectivity index (χ1n) is 12.2. The predicted octanol–water partition coefficient (Wildman–Crippen LogP) is 3.16. The average Bonchev–Trinajstić information content (AvgIpc) is 3.42. The van der Waals surface area contributed by atoms with Gasteiger partial charge in [0.1, 0.15) is 17.6 Å². The van der Waals surface area contributed by atoms with Crippen LogP contribution >= 0.6 is 11.6 Å². The van der Waals surface area contributed by atoms with E-state index in [0.29, 0.717) is 49.4 Å². The number of nitrogens with zero attached hydrogens (tertiary/aromatic N) is 1. The molecule has 9 heteroatoms. The van der Waals surface area contributed by atoms with Gasteiger partial charge < -0.3 is 24.8 Å². The highest BCUT2D eigenvalue weighted by atomic mass is 35.5. The number of likely N-dealkylation sites (tertiary alicyclic amines) is 1. The van der Waals surface area contributed by atoms with Crippen molar-refractivity contribution in [3.63, 3.8) is 0 Å². The summed E-state index contributed by atoms with van der Waals surface area (Å²) >= 11 is 6.28. The zero-order valence-electron chi connectivity index (χ0n) is 19.7. The van der Waals surface area contributed by atoms with E-state index >= 15 is 0 Å². The monoisotopic (exact) mass is 492 g/mol. The molecule has 34 heavy (non-hydrogen) atoms. The number of esters is 1. The van der Waals surface area contributed by atoms with E-state index in [1.165, 1.54) is 0 Å². The van der Waals surface area contributed by atoms with Gasteiger partial charge in [0.2, 0.25) is 11.8 Å². The molecule has 1 spiro atoms. The standard InChI is InChI=1S/C25H33ClN2O6/c1-3-24-12-13-25(34-24)18(19(24)23(32)33-4-2)22(31)28(14-8-5-9-15-29)20(25)21(30)27-17-11-7-6-10-16(17)26/h6-7,10-11,18-20,29H,3-5,8-9,12-15H2,1-2H3,(H,27,30)/t18-,19+,20?,24-,25?/m0/s1. The first-order chi connectivity index (χ1) is 16.3. The number of para-hydroxylation sites is 1. The van der Waals surface area contributed by atoms with Gasteiger partial charge in [-0.25, -0.2) is 0 Å². The summed E-state index contributed by atoms with van der Waals surface area (Å²) in [6.45, 7) is 4.32. The van der Waals surface area contributed by atoms with Crippen molar-refractivity contribution in [1.82, 2.24) is 4.90 Å². The molecule has 1 aromatic carbocycles. The fraction of sp³-hybridized carbons (Fsp3) is 0.640. The number of carbonyl (C=O) groups excluding carboxylic acids is 3. The number of benzene rings is 1. The van der Waals surface area contributed by atoms with Gasteiger partial charge in [0.25, 0.3) is 0 Å². The lowest BCUT2D eigenvalue weighted by molar-refractivity contribution is -0.160. The van der Waals surface area contributed by atoms with Crippen molar-refractivity contribution >= 4 is 35.1 Å². The highest BCUT2D eigenvalue weighted by Crippen LogP contribution is 2.64. The number of halogens is 1. The molecule has 3 saturated heterocycles. The minimum atomic E-state index is -1.09. The van der Waals surface area contributed by atoms with E-state index in [4.69, 9.17) is 26.2 Å². The van der Waals surface area contributed by atoms with Crippen molar-refractivity contribution < 1.29 is 29.0 Å². The Labute approximate surface area is 204 Å². The van der Waals surface area contributed by atoms with Crippen molar-refractivity contribution in [2.75, 3.05) is 25.1 Å². The highest BCUT2D eigenvalue weighted by Gasteiger charge is 2.78. The number of amides is 2. The number of hydrogen-bond donors (Lipinski definition) is 2. The molecule has 2 amide bonds. The zero-order chi connectivity index (χ0) is 24.5. The van der Waals surface area contributed by atoms with Crippen molar-refractivity contribution in [2.45, 2.75) is 69.6 Å². The second kappa shape index (κ2) is 9.84. The maximum absolute atomic E-state index is 13.8. The van der Waals surface area contributed by atoms with Crippen molar-refractivity contribution in [3.05, 3.63) is 29.3 Å². The van der Waals surface area contributed by atoms with Crippen molar-refractivity contribution in [3.8, 4) is 0 Å². The Morgan fingerprint density at radius 1 is 1.24 bits per heavy atom. The minimum absolute atomic E-state index is 0.0734. The molecule has 2 unspecified atom stereocenters. The van der Waals surface area contributed by atoms with Crippen LogP contribution in [-0.4, -0.2) is 64.8 Å². The Morgan fingerprint density at radius 2 is 2.00 bits per heavy atom. The molecule has 0 radical (unpaired) electrons. The van der Waals surface area contributed by atoms with Crippen LogP contribution in [0.5, 0.6) is 0 Å². The van der Waals surface area contributed by atoms with E-state index < -0.39 is 35.0 Å². The first kappa shape index (κ1) is 24.9. The van der Waals surface area contributed by atoms with E-state index in [1.54, 1.807) is 36.1 Å². The third-order valence-electron chi connectivity index (χ3n) is 7.66. The summed E-state index contributed by atoms with van der Waals surface area (Å²) in [6.07, 6.45) is 3.63. The molecule has 0 aromatic heterocycles. The van der Waals surface area contributed by atoms with Crippen LogP contribution < -0.4 is 5.32 Å². The second-order valence-electron chi connectivity index (χ2n) is 9.37. The highest BCUT2D eigenvalue weighted by molar-refractivity contribution is 6.33. The molecule has 2 bridgehead atoms. The van der Waals surface area contributed by atoms with Gasteiger partial charge in [0.05, 0.1) is 28.8 Å². The van der Waals surface area contributed by atoms with Crippen LogP contribution in [0.3, 0.4) is 0 Å². The number of hydrogen-bond acceptors (Lipinski definition) is 6.